The van der Waals surface area contributed by atoms with E-state index < -0.39 is 5.54 Å². The Labute approximate surface area is 112 Å². The van der Waals surface area contributed by atoms with Gasteiger partial charge in [0.2, 0.25) is 5.91 Å². The van der Waals surface area contributed by atoms with Gasteiger partial charge in [0, 0.05) is 0 Å². The van der Waals surface area contributed by atoms with Gasteiger partial charge in [-0.2, -0.15) is 0 Å². The molecule has 3 N–H and O–H groups in total. The lowest BCUT2D eigenvalue weighted by atomic mass is 9.93. The zero-order chi connectivity index (χ0) is 14.0. The number of unbranched alkanes of at least 4 members (excludes halogenated alkanes) is 1. The third-order valence-electron chi connectivity index (χ3n) is 3.38. The summed E-state index contributed by atoms with van der Waals surface area (Å²) < 4.78 is 0. The third-order valence-corrected chi connectivity index (χ3v) is 3.38. The second-order valence-electron chi connectivity index (χ2n) is 5.38. The monoisotopic (exact) mass is 257 g/mol. The first kappa shape index (κ1) is 17.4. The van der Waals surface area contributed by atoms with E-state index in [-0.39, 0.29) is 5.91 Å². The van der Waals surface area contributed by atoms with Crippen LogP contribution in [0.5, 0.6) is 0 Å². The fourth-order valence-electron chi connectivity index (χ4n) is 2.05. The lowest BCUT2D eigenvalue weighted by Crippen LogP contribution is -2.53. The van der Waals surface area contributed by atoms with E-state index in [0.717, 1.165) is 45.3 Å². The summed E-state index contributed by atoms with van der Waals surface area (Å²) in [5, 5.41) is 3.27. The van der Waals surface area contributed by atoms with Crippen molar-refractivity contribution in [2.24, 2.45) is 5.73 Å². The maximum atomic E-state index is 11.5. The van der Waals surface area contributed by atoms with E-state index >= 15 is 0 Å². The maximum absolute atomic E-state index is 11.5. The van der Waals surface area contributed by atoms with Gasteiger partial charge in [-0.15, -0.1) is 0 Å². The molecular formula is C14H31N3O. The molecular weight excluding hydrogens is 226 g/mol. The van der Waals surface area contributed by atoms with Crippen LogP contribution in [-0.2, 0) is 4.79 Å². The van der Waals surface area contributed by atoms with Crippen LogP contribution in [0.1, 0.15) is 52.9 Å². The van der Waals surface area contributed by atoms with Gasteiger partial charge in [-0.25, -0.2) is 0 Å². The van der Waals surface area contributed by atoms with Gasteiger partial charge in [0.25, 0.3) is 0 Å². The van der Waals surface area contributed by atoms with Crippen molar-refractivity contribution < 1.29 is 4.79 Å². The van der Waals surface area contributed by atoms with Crippen molar-refractivity contribution in [3.8, 4) is 0 Å². The van der Waals surface area contributed by atoms with Crippen LogP contribution in [0, 0.1) is 0 Å². The van der Waals surface area contributed by atoms with Crippen molar-refractivity contribution in [1.82, 2.24) is 10.2 Å². The van der Waals surface area contributed by atoms with E-state index in [0.29, 0.717) is 0 Å². The molecule has 1 atom stereocenters. The van der Waals surface area contributed by atoms with Crippen molar-refractivity contribution in [2.75, 3.05) is 26.7 Å². The SMILES string of the molecule is CCCNC(C)(CCCCN(C)CCC)C(N)=O. The molecule has 0 fully saturated rings. The molecule has 0 radical (unpaired) electrons. The van der Waals surface area contributed by atoms with Crippen LogP contribution in [0.15, 0.2) is 0 Å². The summed E-state index contributed by atoms with van der Waals surface area (Å²) in [4.78, 5) is 13.8. The van der Waals surface area contributed by atoms with Crippen molar-refractivity contribution in [3.63, 3.8) is 0 Å². The highest BCUT2D eigenvalue weighted by molar-refractivity contribution is 5.84. The summed E-state index contributed by atoms with van der Waals surface area (Å²) in [6, 6.07) is 0. The predicted molar refractivity (Wildman–Crippen MR) is 77.5 cm³/mol. The van der Waals surface area contributed by atoms with Crippen LogP contribution in [0.2, 0.25) is 0 Å². The molecule has 0 aromatic heterocycles. The number of carbonyl (C=O) groups is 1. The lowest BCUT2D eigenvalue weighted by molar-refractivity contribution is -0.124. The molecule has 4 heteroatoms. The molecule has 0 spiro atoms. The largest absolute Gasteiger partial charge is 0.368 e. The first-order valence-corrected chi connectivity index (χ1v) is 7.19. The number of nitrogens with one attached hydrogen (secondary N) is 1. The minimum absolute atomic E-state index is 0.238. The standard InChI is InChI=1S/C14H31N3O/c1-5-10-16-14(3,13(15)18)9-7-8-12-17(4)11-6-2/h16H,5-12H2,1-4H3,(H2,15,18). The van der Waals surface area contributed by atoms with Gasteiger partial charge in [-0.05, 0) is 65.7 Å². The molecule has 0 aromatic rings. The number of rotatable bonds is 11. The fraction of sp³-hybridized carbons (Fsp3) is 0.929. The Morgan fingerprint density at radius 1 is 1.22 bits per heavy atom. The van der Waals surface area contributed by atoms with Crippen LogP contribution < -0.4 is 11.1 Å². The average molecular weight is 257 g/mol. The normalized spacial score (nSPS) is 14.7. The highest BCUT2D eigenvalue weighted by atomic mass is 16.1. The predicted octanol–water partition coefficient (Wildman–Crippen LogP) is 1.74. The van der Waals surface area contributed by atoms with Gasteiger partial charge in [-0.3, -0.25) is 4.79 Å². The minimum Gasteiger partial charge on any atom is -0.368 e. The Morgan fingerprint density at radius 2 is 1.89 bits per heavy atom. The molecule has 0 heterocycles. The van der Waals surface area contributed by atoms with E-state index in [1.165, 1.54) is 6.42 Å². The highest BCUT2D eigenvalue weighted by Crippen LogP contribution is 2.14. The minimum atomic E-state index is -0.542. The van der Waals surface area contributed by atoms with Gasteiger partial charge in [-0.1, -0.05) is 13.8 Å². The molecule has 0 aliphatic heterocycles. The van der Waals surface area contributed by atoms with E-state index in [9.17, 15) is 4.79 Å². The molecule has 1 unspecified atom stereocenters. The molecule has 0 aromatic carbocycles. The van der Waals surface area contributed by atoms with Crippen LogP contribution in [0.25, 0.3) is 0 Å². The molecule has 0 saturated carbocycles. The molecule has 4 nitrogen and oxygen atoms in total. The van der Waals surface area contributed by atoms with Crippen LogP contribution in [-0.4, -0.2) is 43.0 Å². The quantitative estimate of drug-likeness (QED) is 0.554. The first-order valence-electron chi connectivity index (χ1n) is 7.19. The number of hydrogen-bond acceptors (Lipinski definition) is 3. The molecule has 0 rings (SSSR count). The number of nitrogens with two attached hydrogens (primary N) is 1. The smallest absolute Gasteiger partial charge is 0.237 e. The summed E-state index contributed by atoms with van der Waals surface area (Å²) in [5.74, 6) is -0.238. The van der Waals surface area contributed by atoms with Crippen LogP contribution in [0.3, 0.4) is 0 Å². The second kappa shape index (κ2) is 9.34. The Bertz CT molecular complexity index is 233. The number of hydrogen-bond donors (Lipinski definition) is 2. The summed E-state index contributed by atoms with van der Waals surface area (Å²) >= 11 is 0. The zero-order valence-electron chi connectivity index (χ0n) is 12.6. The van der Waals surface area contributed by atoms with Gasteiger partial charge in [0.05, 0.1) is 5.54 Å². The Hall–Kier alpha value is -0.610. The van der Waals surface area contributed by atoms with E-state index in [1.54, 1.807) is 0 Å². The van der Waals surface area contributed by atoms with Crippen molar-refractivity contribution in [3.05, 3.63) is 0 Å². The summed E-state index contributed by atoms with van der Waals surface area (Å²) in [6.07, 6.45) is 5.18. The molecule has 18 heavy (non-hydrogen) atoms. The molecule has 0 aliphatic carbocycles. The van der Waals surface area contributed by atoms with Crippen LogP contribution >= 0.6 is 0 Å². The topological polar surface area (TPSA) is 58.4 Å². The van der Waals surface area contributed by atoms with Crippen molar-refractivity contribution in [1.29, 1.82) is 0 Å². The van der Waals surface area contributed by atoms with E-state index in [1.807, 2.05) is 6.92 Å². The zero-order valence-corrected chi connectivity index (χ0v) is 12.6. The molecule has 0 bridgehead atoms. The number of nitrogens with zero attached hydrogens (tertiary/aromatic N) is 1. The maximum Gasteiger partial charge on any atom is 0.237 e. The first-order chi connectivity index (χ1) is 8.46. The van der Waals surface area contributed by atoms with E-state index in [2.05, 4.69) is 31.1 Å². The van der Waals surface area contributed by atoms with Crippen molar-refractivity contribution >= 4 is 5.91 Å². The van der Waals surface area contributed by atoms with Gasteiger partial charge >= 0.3 is 0 Å². The Morgan fingerprint density at radius 3 is 2.39 bits per heavy atom. The Kier molecular flexibility index (Phi) is 9.02. The third kappa shape index (κ3) is 6.97. The molecule has 108 valence electrons. The summed E-state index contributed by atoms with van der Waals surface area (Å²) in [7, 11) is 2.14. The van der Waals surface area contributed by atoms with Gasteiger partial charge in [0.1, 0.15) is 0 Å². The van der Waals surface area contributed by atoms with Gasteiger partial charge in [0.15, 0.2) is 0 Å². The number of carbonyl (C=O) groups excluding carboxylic acids is 1. The molecule has 0 aliphatic rings. The van der Waals surface area contributed by atoms with Crippen molar-refractivity contribution in [2.45, 2.75) is 58.4 Å². The average Bonchev–Trinajstić information content (AvgIpc) is 2.32. The number of primary amides is 1. The summed E-state index contributed by atoms with van der Waals surface area (Å²) in [6.45, 7) is 9.27. The molecule has 0 saturated heterocycles. The van der Waals surface area contributed by atoms with Crippen LogP contribution in [0.4, 0.5) is 0 Å². The fourth-order valence-corrected chi connectivity index (χ4v) is 2.05. The van der Waals surface area contributed by atoms with Gasteiger partial charge < -0.3 is 16.0 Å². The number of amides is 1. The summed E-state index contributed by atoms with van der Waals surface area (Å²) in [5.41, 5.74) is 4.95. The Balaban J connectivity index is 3.94. The lowest BCUT2D eigenvalue weighted by Gasteiger charge is -2.27. The molecule has 1 amide bonds. The second-order valence-corrected chi connectivity index (χ2v) is 5.38. The van der Waals surface area contributed by atoms with E-state index in [4.69, 9.17) is 5.73 Å². The highest BCUT2D eigenvalue weighted by Gasteiger charge is 2.29.